The Bertz CT molecular complexity index is 1210. The molecule has 0 N–H and O–H groups in total. The highest BCUT2D eigenvalue weighted by atomic mass is 19.1. The lowest BCUT2D eigenvalue weighted by atomic mass is 9.74. The summed E-state index contributed by atoms with van der Waals surface area (Å²) in [6.45, 7) is 3.81. The van der Waals surface area contributed by atoms with Gasteiger partial charge in [0.2, 0.25) is 6.79 Å². The molecule has 1 saturated heterocycles. The third kappa shape index (κ3) is 5.96. The van der Waals surface area contributed by atoms with Crippen LogP contribution in [0.5, 0.6) is 23.0 Å². The summed E-state index contributed by atoms with van der Waals surface area (Å²) in [4.78, 5) is 17.1. The van der Waals surface area contributed by atoms with Crippen molar-refractivity contribution < 1.29 is 28.1 Å². The van der Waals surface area contributed by atoms with Crippen LogP contribution in [-0.2, 0) is 0 Å². The number of hydrogen-bond donors (Lipinski definition) is 0. The Labute approximate surface area is 223 Å². The van der Waals surface area contributed by atoms with Crippen LogP contribution in [0.15, 0.2) is 66.5 Å². The average molecular weight is 523 g/mol. The van der Waals surface area contributed by atoms with Crippen molar-refractivity contribution in [2.24, 2.45) is 17.8 Å². The highest BCUT2D eigenvalue weighted by Crippen LogP contribution is 2.38. The summed E-state index contributed by atoms with van der Waals surface area (Å²) in [5.74, 6) is 2.88. The second kappa shape index (κ2) is 11.5. The molecule has 0 spiro atoms. The maximum absolute atomic E-state index is 13.7. The van der Waals surface area contributed by atoms with E-state index >= 15 is 0 Å². The second-order valence-electron chi connectivity index (χ2n) is 10.4. The summed E-state index contributed by atoms with van der Waals surface area (Å²) in [6.07, 6.45) is 6.21. The third-order valence-corrected chi connectivity index (χ3v) is 7.82. The molecule has 0 radical (unpaired) electrons. The largest absolute Gasteiger partial charge is 0.493 e. The summed E-state index contributed by atoms with van der Waals surface area (Å²) < 4.78 is 36.5. The minimum absolute atomic E-state index is 0.0473. The molecule has 1 aliphatic carbocycles. The number of carbonyl (C=O) groups is 1. The van der Waals surface area contributed by atoms with Crippen molar-refractivity contribution in [2.45, 2.75) is 25.8 Å². The molecule has 1 amide bonds. The van der Waals surface area contributed by atoms with Crippen molar-refractivity contribution in [3.63, 3.8) is 0 Å². The van der Waals surface area contributed by atoms with E-state index in [4.69, 9.17) is 18.9 Å². The molecule has 2 aromatic carbocycles. The van der Waals surface area contributed by atoms with Crippen LogP contribution in [0.2, 0.25) is 0 Å². The smallest absolute Gasteiger partial charge is 0.415 e. The Kier molecular flexibility index (Phi) is 7.88. The Morgan fingerprint density at radius 3 is 2.79 bits per heavy atom. The number of allylic oxidation sites excluding steroid dienone is 4. The van der Waals surface area contributed by atoms with Gasteiger partial charge in [0.05, 0.1) is 6.61 Å². The van der Waals surface area contributed by atoms with Crippen molar-refractivity contribution in [1.29, 1.82) is 0 Å². The van der Waals surface area contributed by atoms with Crippen LogP contribution in [0.3, 0.4) is 0 Å². The number of rotatable bonds is 7. The standard InChI is InChI=1S/C30H35FN2O5/c1-20(32(2)3)22-5-4-6-26(15-22)38-30(34)33-14-13-27(21-7-9-24(31)10-8-21)23(17-33)18-35-25-11-12-28-29(16-25)37-19-36-28/h4-7,9-12,15-16,20-21,23,27H,8,13-14,17-19H2,1-3H3/t20-,21?,23-,27-/m0/s1. The first-order valence-corrected chi connectivity index (χ1v) is 13.2. The number of hydrogen-bond acceptors (Lipinski definition) is 6. The van der Waals surface area contributed by atoms with Gasteiger partial charge >= 0.3 is 6.09 Å². The predicted octanol–water partition coefficient (Wildman–Crippen LogP) is 5.98. The van der Waals surface area contributed by atoms with E-state index in [1.807, 2.05) is 62.6 Å². The minimum Gasteiger partial charge on any atom is -0.493 e. The van der Waals surface area contributed by atoms with E-state index in [2.05, 4.69) is 11.8 Å². The minimum atomic E-state index is -0.365. The van der Waals surface area contributed by atoms with Gasteiger partial charge in [0.15, 0.2) is 11.5 Å². The van der Waals surface area contributed by atoms with Crippen molar-refractivity contribution in [3.05, 3.63) is 72.1 Å². The first kappa shape index (κ1) is 26.1. The number of halogens is 1. The monoisotopic (exact) mass is 522 g/mol. The van der Waals surface area contributed by atoms with Gasteiger partial charge in [0.1, 0.15) is 17.3 Å². The first-order chi connectivity index (χ1) is 18.4. The summed E-state index contributed by atoms with van der Waals surface area (Å²) >= 11 is 0. The van der Waals surface area contributed by atoms with Crippen LogP contribution in [0.25, 0.3) is 0 Å². The fraction of sp³-hybridized carbons (Fsp3) is 0.433. The molecule has 4 atom stereocenters. The SMILES string of the molecule is C[C@@H](c1cccc(OC(=O)N2CC[C@@H](C3C=CC(F)=CC3)[C@H](COc3ccc4c(c3)OCO4)C2)c1)N(C)C. The van der Waals surface area contributed by atoms with Crippen LogP contribution in [0, 0.1) is 17.8 Å². The van der Waals surface area contributed by atoms with Gasteiger partial charge in [-0.15, -0.1) is 0 Å². The molecule has 2 heterocycles. The van der Waals surface area contributed by atoms with E-state index in [1.165, 1.54) is 0 Å². The molecule has 7 nitrogen and oxygen atoms in total. The summed E-state index contributed by atoms with van der Waals surface area (Å²) in [6, 6.07) is 13.4. The summed E-state index contributed by atoms with van der Waals surface area (Å²) in [7, 11) is 4.04. The number of fused-ring (bicyclic) bond motifs is 1. The van der Waals surface area contributed by atoms with Crippen LogP contribution in [-0.4, -0.2) is 56.5 Å². The number of likely N-dealkylation sites (tertiary alicyclic amines) is 1. The summed E-state index contributed by atoms with van der Waals surface area (Å²) in [5.41, 5.74) is 1.08. The number of benzene rings is 2. The summed E-state index contributed by atoms with van der Waals surface area (Å²) in [5, 5.41) is 0. The highest BCUT2D eigenvalue weighted by molar-refractivity contribution is 5.71. The van der Waals surface area contributed by atoms with Crippen LogP contribution in [0.1, 0.15) is 31.4 Å². The van der Waals surface area contributed by atoms with E-state index in [0.717, 1.165) is 12.0 Å². The molecule has 0 saturated carbocycles. The van der Waals surface area contributed by atoms with Gasteiger partial charge in [-0.25, -0.2) is 9.18 Å². The Morgan fingerprint density at radius 2 is 2.00 bits per heavy atom. The lowest BCUT2D eigenvalue weighted by Gasteiger charge is -2.41. The molecule has 5 rings (SSSR count). The molecule has 202 valence electrons. The van der Waals surface area contributed by atoms with E-state index in [0.29, 0.717) is 49.1 Å². The molecule has 2 aromatic rings. The Balaban J connectivity index is 1.27. The van der Waals surface area contributed by atoms with E-state index < -0.39 is 0 Å². The van der Waals surface area contributed by atoms with Crippen molar-refractivity contribution in [2.75, 3.05) is 40.6 Å². The van der Waals surface area contributed by atoms with Crippen LogP contribution in [0.4, 0.5) is 9.18 Å². The number of nitrogens with zero attached hydrogens (tertiary/aromatic N) is 2. The lowest BCUT2D eigenvalue weighted by Crippen LogP contribution is -2.48. The molecule has 0 aromatic heterocycles. The predicted molar refractivity (Wildman–Crippen MR) is 142 cm³/mol. The second-order valence-corrected chi connectivity index (χ2v) is 10.4. The topological polar surface area (TPSA) is 60.5 Å². The average Bonchev–Trinajstić information content (AvgIpc) is 3.40. The van der Waals surface area contributed by atoms with Gasteiger partial charge in [0, 0.05) is 31.1 Å². The molecule has 38 heavy (non-hydrogen) atoms. The number of piperidine rings is 1. The molecule has 8 heteroatoms. The van der Waals surface area contributed by atoms with Crippen molar-refractivity contribution in [3.8, 4) is 23.0 Å². The normalized spacial score (nSPS) is 23.2. The van der Waals surface area contributed by atoms with E-state index in [9.17, 15) is 9.18 Å². The molecule has 3 aliphatic rings. The maximum atomic E-state index is 13.7. The van der Waals surface area contributed by atoms with Gasteiger partial charge < -0.3 is 28.7 Å². The zero-order valence-electron chi connectivity index (χ0n) is 22.1. The molecule has 1 unspecified atom stereocenters. The quantitative estimate of drug-likeness (QED) is 0.446. The highest BCUT2D eigenvalue weighted by Gasteiger charge is 2.37. The van der Waals surface area contributed by atoms with Crippen LogP contribution >= 0.6 is 0 Å². The maximum Gasteiger partial charge on any atom is 0.415 e. The van der Waals surface area contributed by atoms with Crippen molar-refractivity contribution in [1.82, 2.24) is 9.80 Å². The van der Waals surface area contributed by atoms with E-state index in [-0.39, 0.29) is 42.5 Å². The fourth-order valence-corrected chi connectivity index (χ4v) is 5.36. The number of amides is 1. The van der Waals surface area contributed by atoms with Gasteiger partial charge in [-0.1, -0.05) is 18.2 Å². The Morgan fingerprint density at radius 1 is 1.16 bits per heavy atom. The van der Waals surface area contributed by atoms with Crippen molar-refractivity contribution >= 4 is 6.09 Å². The Hall–Kier alpha value is -3.52. The van der Waals surface area contributed by atoms with Crippen LogP contribution < -0.4 is 18.9 Å². The first-order valence-electron chi connectivity index (χ1n) is 13.2. The third-order valence-electron chi connectivity index (χ3n) is 7.82. The van der Waals surface area contributed by atoms with Gasteiger partial charge in [-0.05, 0) is 87.7 Å². The van der Waals surface area contributed by atoms with Gasteiger partial charge in [-0.2, -0.15) is 0 Å². The molecule has 1 fully saturated rings. The van der Waals surface area contributed by atoms with E-state index in [1.54, 1.807) is 17.1 Å². The fourth-order valence-electron chi connectivity index (χ4n) is 5.36. The molecular formula is C30H35FN2O5. The number of carbonyl (C=O) groups excluding carboxylic acids is 1. The molecule has 0 bridgehead atoms. The zero-order valence-corrected chi connectivity index (χ0v) is 22.1. The lowest BCUT2D eigenvalue weighted by molar-refractivity contribution is 0.0613. The molecule has 2 aliphatic heterocycles. The number of ether oxygens (including phenoxy) is 4. The van der Waals surface area contributed by atoms with Gasteiger partial charge in [0.25, 0.3) is 0 Å². The van der Waals surface area contributed by atoms with Gasteiger partial charge in [-0.3, -0.25) is 0 Å². The zero-order chi connectivity index (χ0) is 26.6. The molecular weight excluding hydrogens is 487 g/mol.